The molecule has 1 aliphatic rings. The number of aliphatic hydroxyl groups is 2. The van der Waals surface area contributed by atoms with Crippen LogP contribution in [0.1, 0.15) is 35.4 Å². The first-order valence-corrected chi connectivity index (χ1v) is 6.86. The number of carboxylic acid groups (broad SMARTS) is 1. The smallest absolute Gasteiger partial charge is 0.335 e. The molecule has 7 nitrogen and oxygen atoms in total. The van der Waals surface area contributed by atoms with Crippen LogP contribution in [0.2, 0.25) is 0 Å². The van der Waals surface area contributed by atoms with E-state index in [4.69, 9.17) is 14.6 Å². The van der Waals surface area contributed by atoms with E-state index >= 15 is 0 Å². The summed E-state index contributed by atoms with van der Waals surface area (Å²) in [7, 11) is 0. The summed E-state index contributed by atoms with van der Waals surface area (Å²) in [5, 5.41) is 29.0. The van der Waals surface area contributed by atoms with E-state index in [1.54, 1.807) is 6.07 Å². The largest absolute Gasteiger partial charge is 0.478 e. The first-order chi connectivity index (χ1) is 10.4. The third-order valence-electron chi connectivity index (χ3n) is 3.48. The predicted molar refractivity (Wildman–Crippen MR) is 74.3 cm³/mol. The number of carboxylic acids is 1. The zero-order valence-corrected chi connectivity index (χ0v) is 12.0. The maximum atomic E-state index is 11.0. The Hall–Kier alpha value is -1.96. The summed E-state index contributed by atoms with van der Waals surface area (Å²) >= 11 is 0. The lowest BCUT2D eigenvalue weighted by Crippen LogP contribution is -2.45. The van der Waals surface area contributed by atoms with Gasteiger partial charge in [0.25, 0.3) is 0 Å². The maximum Gasteiger partial charge on any atom is 0.335 e. The molecule has 1 fully saturated rings. The van der Waals surface area contributed by atoms with Crippen LogP contribution >= 0.6 is 0 Å². The zero-order valence-electron chi connectivity index (χ0n) is 12.0. The molecular formula is C15H18O7. The van der Waals surface area contributed by atoms with Crippen molar-refractivity contribution in [3.63, 3.8) is 0 Å². The molecular weight excluding hydrogens is 292 g/mol. The molecule has 0 amide bonds. The molecule has 0 radical (unpaired) electrons. The molecule has 1 aromatic carbocycles. The normalized spacial score (nSPS) is 28.1. The molecule has 0 spiro atoms. The van der Waals surface area contributed by atoms with Crippen LogP contribution in [0.15, 0.2) is 24.3 Å². The average Bonchev–Trinajstić information content (AvgIpc) is 2.48. The monoisotopic (exact) mass is 310 g/mol. The van der Waals surface area contributed by atoms with Crippen LogP contribution in [0.25, 0.3) is 0 Å². The minimum atomic E-state index is -1.18. The summed E-state index contributed by atoms with van der Waals surface area (Å²) in [6, 6.07) is 5.96. The van der Waals surface area contributed by atoms with Crippen LogP contribution in [-0.4, -0.2) is 52.2 Å². The van der Waals surface area contributed by atoms with Crippen molar-refractivity contribution in [2.24, 2.45) is 0 Å². The molecule has 0 aromatic heterocycles. The van der Waals surface area contributed by atoms with Crippen LogP contribution in [0, 0.1) is 0 Å². The summed E-state index contributed by atoms with van der Waals surface area (Å²) < 4.78 is 10.5. The van der Waals surface area contributed by atoms with Crippen molar-refractivity contribution in [3.8, 4) is 0 Å². The Morgan fingerprint density at radius 1 is 1.36 bits per heavy atom. The first-order valence-electron chi connectivity index (χ1n) is 6.86. The van der Waals surface area contributed by atoms with Gasteiger partial charge in [-0.1, -0.05) is 12.1 Å². The number of aliphatic hydroxyl groups excluding tert-OH is 2. The summed E-state index contributed by atoms with van der Waals surface area (Å²) in [6.07, 6.45) is -3.56. The van der Waals surface area contributed by atoms with Gasteiger partial charge in [0.15, 0.2) is 0 Å². The number of carbonyl (C=O) groups is 2. The van der Waals surface area contributed by atoms with Gasteiger partial charge in [0.1, 0.15) is 18.8 Å². The molecule has 1 aliphatic heterocycles. The van der Waals surface area contributed by atoms with Crippen molar-refractivity contribution in [2.45, 2.75) is 37.8 Å². The Labute approximate surface area is 127 Å². The highest BCUT2D eigenvalue weighted by Crippen LogP contribution is 2.32. The summed E-state index contributed by atoms with van der Waals surface area (Å²) in [5.74, 6) is -1.56. The molecule has 1 saturated heterocycles. The highest BCUT2D eigenvalue weighted by atomic mass is 16.6. The molecule has 2 rings (SSSR count). The molecule has 120 valence electrons. The third kappa shape index (κ3) is 3.82. The van der Waals surface area contributed by atoms with Crippen molar-refractivity contribution < 1.29 is 34.4 Å². The van der Waals surface area contributed by atoms with Gasteiger partial charge in [-0.05, 0) is 17.7 Å². The number of rotatable bonds is 4. The Balaban J connectivity index is 2.18. The molecule has 4 atom stereocenters. The van der Waals surface area contributed by atoms with Crippen molar-refractivity contribution in [2.75, 3.05) is 6.61 Å². The van der Waals surface area contributed by atoms with Crippen LogP contribution in [0.3, 0.4) is 0 Å². The lowest BCUT2D eigenvalue weighted by molar-refractivity contribution is -0.187. The molecule has 7 heteroatoms. The van der Waals surface area contributed by atoms with Gasteiger partial charge in [-0.25, -0.2) is 4.79 Å². The molecule has 3 N–H and O–H groups in total. The average molecular weight is 310 g/mol. The van der Waals surface area contributed by atoms with Crippen LogP contribution < -0.4 is 0 Å². The lowest BCUT2D eigenvalue weighted by Gasteiger charge is -2.37. The van der Waals surface area contributed by atoms with E-state index in [1.807, 2.05) is 0 Å². The van der Waals surface area contributed by atoms with E-state index in [1.165, 1.54) is 25.1 Å². The number of benzene rings is 1. The van der Waals surface area contributed by atoms with Gasteiger partial charge in [-0.15, -0.1) is 0 Å². The predicted octanol–water partition coefficient (Wildman–Crippen LogP) is 0.500. The summed E-state index contributed by atoms with van der Waals surface area (Å²) in [4.78, 5) is 21.9. The highest BCUT2D eigenvalue weighted by molar-refractivity contribution is 5.87. The van der Waals surface area contributed by atoms with Gasteiger partial charge in [0.2, 0.25) is 0 Å². The molecule has 1 heterocycles. The molecule has 22 heavy (non-hydrogen) atoms. The van der Waals surface area contributed by atoms with Gasteiger partial charge in [0.05, 0.1) is 17.8 Å². The minimum absolute atomic E-state index is 0.0335. The molecule has 0 saturated carbocycles. The second-order valence-electron chi connectivity index (χ2n) is 5.21. The van der Waals surface area contributed by atoms with Crippen molar-refractivity contribution in [1.82, 2.24) is 0 Å². The number of ether oxygens (including phenoxy) is 2. The number of hydrogen-bond donors (Lipinski definition) is 3. The Kier molecular flexibility index (Phi) is 5.12. The molecule has 0 bridgehead atoms. The number of hydrogen-bond acceptors (Lipinski definition) is 6. The Morgan fingerprint density at radius 2 is 2.09 bits per heavy atom. The number of aromatic carboxylic acids is 1. The Bertz CT molecular complexity index is 557. The second-order valence-corrected chi connectivity index (χ2v) is 5.21. The van der Waals surface area contributed by atoms with Crippen LogP contribution in [0.5, 0.6) is 0 Å². The third-order valence-corrected chi connectivity index (χ3v) is 3.48. The fourth-order valence-electron chi connectivity index (χ4n) is 2.40. The number of esters is 1. The van der Waals surface area contributed by atoms with Crippen LogP contribution in [-0.2, 0) is 14.3 Å². The summed E-state index contributed by atoms with van der Waals surface area (Å²) in [6.45, 7) is 1.23. The topological polar surface area (TPSA) is 113 Å². The first kappa shape index (κ1) is 16.4. The fourth-order valence-corrected chi connectivity index (χ4v) is 2.40. The van der Waals surface area contributed by atoms with Crippen LogP contribution in [0.4, 0.5) is 0 Å². The molecule has 4 unspecified atom stereocenters. The molecule has 1 aromatic rings. The summed E-state index contributed by atoms with van der Waals surface area (Å²) in [5.41, 5.74) is 0.504. The van der Waals surface area contributed by atoms with Gasteiger partial charge in [-0.3, -0.25) is 4.79 Å². The van der Waals surface area contributed by atoms with Gasteiger partial charge in [0, 0.05) is 13.3 Å². The van der Waals surface area contributed by atoms with Gasteiger partial charge >= 0.3 is 11.9 Å². The minimum Gasteiger partial charge on any atom is -0.478 e. The number of carbonyl (C=O) groups excluding carboxylic acids is 1. The van der Waals surface area contributed by atoms with E-state index in [0.717, 1.165) is 0 Å². The SMILES string of the molecule is CC(=O)OCC1CC(O)C(O)C(c2cccc(C(=O)O)c2)O1. The zero-order chi connectivity index (χ0) is 16.3. The quantitative estimate of drug-likeness (QED) is 0.694. The maximum absolute atomic E-state index is 11.0. The van der Waals surface area contributed by atoms with E-state index in [-0.39, 0.29) is 18.6 Å². The Morgan fingerprint density at radius 3 is 2.73 bits per heavy atom. The van der Waals surface area contributed by atoms with Crippen molar-refractivity contribution in [1.29, 1.82) is 0 Å². The highest BCUT2D eigenvalue weighted by Gasteiger charge is 2.38. The van der Waals surface area contributed by atoms with E-state index in [0.29, 0.717) is 5.56 Å². The van der Waals surface area contributed by atoms with E-state index < -0.39 is 36.4 Å². The van der Waals surface area contributed by atoms with E-state index in [2.05, 4.69) is 0 Å². The molecule has 0 aliphatic carbocycles. The van der Waals surface area contributed by atoms with E-state index in [9.17, 15) is 19.8 Å². The van der Waals surface area contributed by atoms with Gasteiger partial charge in [-0.2, -0.15) is 0 Å². The van der Waals surface area contributed by atoms with Crippen molar-refractivity contribution in [3.05, 3.63) is 35.4 Å². The lowest BCUT2D eigenvalue weighted by atomic mass is 9.92. The van der Waals surface area contributed by atoms with Crippen molar-refractivity contribution >= 4 is 11.9 Å². The standard InChI is InChI=1S/C15H18O7/c1-8(16)21-7-11-6-12(17)13(18)14(22-11)9-3-2-4-10(5-9)15(19)20/h2-5,11-14,17-18H,6-7H2,1H3,(H,19,20). The van der Waals surface area contributed by atoms with Gasteiger partial charge < -0.3 is 24.8 Å². The fraction of sp³-hybridized carbons (Fsp3) is 0.467. The second kappa shape index (κ2) is 6.87.